The molecular weight excluding hydrogens is 202 g/mol. The zero-order valence-electron chi connectivity index (χ0n) is 9.77. The zero-order chi connectivity index (χ0) is 11.7. The van der Waals surface area contributed by atoms with Crippen LogP contribution in [-0.4, -0.2) is 20.2 Å². The third-order valence-electron chi connectivity index (χ3n) is 2.78. The summed E-state index contributed by atoms with van der Waals surface area (Å²) in [5, 5.41) is 0. The molecule has 0 radical (unpaired) electrons. The average molecular weight is 217 g/mol. The number of aromatic nitrogens is 3. The van der Waals surface area contributed by atoms with Crippen LogP contribution < -0.4 is 0 Å². The van der Waals surface area contributed by atoms with Gasteiger partial charge in [-0.2, -0.15) is 0 Å². The van der Waals surface area contributed by atoms with E-state index in [4.69, 9.17) is 0 Å². The Balaban J connectivity index is 2.43. The molecule has 2 aromatic heterocycles. The maximum atomic E-state index is 11.9. The van der Waals surface area contributed by atoms with E-state index < -0.39 is 0 Å². The minimum absolute atomic E-state index is 0.0268. The topological polar surface area (TPSA) is 47.3 Å². The highest BCUT2D eigenvalue weighted by molar-refractivity contribution is 5.96. The first kappa shape index (κ1) is 10.8. The minimum atomic E-state index is 0.0268. The maximum Gasteiger partial charge on any atom is 0.185 e. The van der Waals surface area contributed by atoms with Crippen LogP contribution in [0.15, 0.2) is 18.6 Å². The van der Waals surface area contributed by atoms with Crippen LogP contribution in [-0.2, 0) is 0 Å². The Morgan fingerprint density at radius 2 is 2.25 bits per heavy atom. The van der Waals surface area contributed by atoms with Gasteiger partial charge in [0.05, 0.1) is 11.9 Å². The molecule has 0 fully saturated rings. The number of hydrogen-bond donors (Lipinski definition) is 0. The van der Waals surface area contributed by atoms with Crippen molar-refractivity contribution in [2.75, 3.05) is 0 Å². The van der Waals surface area contributed by atoms with Gasteiger partial charge in [-0.3, -0.25) is 9.78 Å². The van der Waals surface area contributed by atoms with Crippen LogP contribution in [0.2, 0.25) is 0 Å². The molecule has 2 heterocycles. The van der Waals surface area contributed by atoms with Gasteiger partial charge >= 0.3 is 0 Å². The van der Waals surface area contributed by atoms with Crippen molar-refractivity contribution >= 4 is 11.4 Å². The monoisotopic (exact) mass is 217 g/mol. The Bertz CT molecular complexity index is 530. The molecule has 0 bridgehead atoms. The van der Waals surface area contributed by atoms with E-state index in [0.717, 1.165) is 17.8 Å². The molecule has 4 nitrogen and oxygen atoms in total. The van der Waals surface area contributed by atoms with Crippen LogP contribution in [0.1, 0.15) is 36.5 Å². The lowest BCUT2D eigenvalue weighted by molar-refractivity contribution is 0.0923. The molecule has 0 saturated carbocycles. The molecule has 0 aliphatic rings. The van der Waals surface area contributed by atoms with E-state index in [1.165, 1.54) is 0 Å². The Hall–Kier alpha value is -1.71. The van der Waals surface area contributed by atoms with Crippen molar-refractivity contribution in [1.82, 2.24) is 14.4 Å². The molecule has 1 unspecified atom stereocenters. The van der Waals surface area contributed by atoms with Gasteiger partial charge in [-0.1, -0.05) is 13.8 Å². The Labute approximate surface area is 94.3 Å². The number of ketones is 1. The molecule has 84 valence electrons. The first-order valence-corrected chi connectivity index (χ1v) is 5.47. The summed E-state index contributed by atoms with van der Waals surface area (Å²) >= 11 is 0. The van der Waals surface area contributed by atoms with E-state index in [9.17, 15) is 4.79 Å². The van der Waals surface area contributed by atoms with Crippen molar-refractivity contribution in [2.45, 2.75) is 27.2 Å². The van der Waals surface area contributed by atoms with Crippen LogP contribution in [0, 0.1) is 12.8 Å². The summed E-state index contributed by atoms with van der Waals surface area (Å²) in [4.78, 5) is 20.4. The number of aryl methyl sites for hydroxylation is 1. The smallest absolute Gasteiger partial charge is 0.185 e. The highest BCUT2D eigenvalue weighted by atomic mass is 16.1. The summed E-state index contributed by atoms with van der Waals surface area (Å²) in [6, 6.07) is 0. The summed E-state index contributed by atoms with van der Waals surface area (Å²) in [5.74, 6) is 0.128. The van der Waals surface area contributed by atoms with Gasteiger partial charge in [0, 0.05) is 18.3 Å². The molecule has 0 aromatic carbocycles. The second-order valence-corrected chi connectivity index (χ2v) is 4.09. The number of fused-ring (bicyclic) bond motifs is 1. The van der Waals surface area contributed by atoms with Crippen molar-refractivity contribution in [1.29, 1.82) is 0 Å². The molecule has 0 spiro atoms. The molecule has 4 heteroatoms. The predicted octanol–water partition coefficient (Wildman–Crippen LogP) is 2.27. The van der Waals surface area contributed by atoms with Crippen molar-refractivity contribution in [3.05, 3.63) is 30.0 Å². The summed E-state index contributed by atoms with van der Waals surface area (Å²) in [7, 11) is 0. The lowest BCUT2D eigenvalue weighted by Gasteiger charge is -2.02. The van der Waals surface area contributed by atoms with Crippen LogP contribution >= 0.6 is 0 Å². The number of nitrogens with zero attached hydrogens (tertiary/aromatic N) is 3. The second-order valence-electron chi connectivity index (χ2n) is 4.09. The molecule has 16 heavy (non-hydrogen) atoms. The van der Waals surface area contributed by atoms with Gasteiger partial charge in [0.1, 0.15) is 5.69 Å². The van der Waals surface area contributed by atoms with E-state index in [1.54, 1.807) is 12.4 Å². The fourth-order valence-electron chi connectivity index (χ4n) is 1.56. The van der Waals surface area contributed by atoms with Crippen LogP contribution in [0.4, 0.5) is 0 Å². The van der Waals surface area contributed by atoms with Crippen LogP contribution in [0.3, 0.4) is 0 Å². The molecule has 0 aliphatic heterocycles. The molecule has 2 rings (SSSR count). The van der Waals surface area contributed by atoms with E-state index in [-0.39, 0.29) is 11.7 Å². The minimum Gasteiger partial charge on any atom is -0.303 e. The number of imidazole rings is 1. The summed E-state index contributed by atoms with van der Waals surface area (Å²) in [6.07, 6.45) is 6.17. The Morgan fingerprint density at radius 1 is 1.50 bits per heavy atom. The number of carbonyl (C=O) groups excluding carboxylic acids is 1. The van der Waals surface area contributed by atoms with E-state index in [0.29, 0.717) is 5.69 Å². The van der Waals surface area contributed by atoms with Gasteiger partial charge < -0.3 is 4.40 Å². The van der Waals surface area contributed by atoms with Crippen LogP contribution in [0.25, 0.3) is 5.65 Å². The Morgan fingerprint density at radius 3 is 2.94 bits per heavy atom. The first-order chi connectivity index (χ1) is 7.61. The van der Waals surface area contributed by atoms with Crippen LogP contribution in [0.5, 0.6) is 0 Å². The summed E-state index contributed by atoms with van der Waals surface area (Å²) in [6.45, 7) is 5.84. The van der Waals surface area contributed by atoms with Gasteiger partial charge in [0.25, 0.3) is 0 Å². The first-order valence-electron chi connectivity index (χ1n) is 5.47. The zero-order valence-corrected chi connectivity index (χ0v) is 9.77. The standard InChI is InChI=1S/C12H15N3O/c1-4-8(2)12(16)10-7-15-6-9(3)13-5-11(15)14-10/h5-8H,4H2,1-3H3. The number of carbonyl (C=O) groups is 1. The van der Waals surface area contributed by atoms with Gasteiger partial charge in [0.15, 0.2) is 11.4 Å². The van der Waals surface area contributed by atoms with Gasteiger partial charge in [0.2, 0.25) is 0 Å². The second kappa shape index (κ2) is 4.04. The van der Waals surface area contributed by atoms with E-state index in [2.05, 4.69) is 9.97 Å². The van der Waals surface area contributed by atoms with Crippen molar-refractivity contribution in [2.24, 2.45) is 5.92 Å². The highest BCUT2D eigenvalue weighted by Crippen LogP contribution is 2.12. The lowest BCUT2D eigenvalue weighted by Crippen LogP contribution is -2.10. The third-order valence-corrected chi connectivity index (χ3v) is 2.78. The lowest BCUT2D eigenvalue weighted by atomic mass is 10.0. The fraction of sp³-hybridized carbons (Fsp3) is 0.417. The third kappa shape index (κ3) is 1.83. The van der Waals surface area contributed by atoms with E-state index in [1.807, 2.05) is 31.4 Å². The Kier molecular flexibility index (Phi) is 2.73. The van der Waals surface area contributed by atoms with Crippen molar-refractivity contribution in [3.8, 4) is 0 Å². The largest absolute Gasteiger partial charge is 0.303 e. The van der Waals surface area contributed by atoms with Crippen molar-refractivity contribution < 1.29 is 4.79 Å². The molecule has 0 amide bonds. The van der Waals surface area contributed by atoms with Gasteiger partial charge in [-0.25, -0.2) is 4.98 Å². The summed E-state index contributed by atoms with van der Waals surface area (Å²) in [5.41, 5.74) is 2.16. The normalized spacial score (nSPS) is 12.9. The maximum absolute atomic E-state index is 11.9. The molecule has 0 N–H and O–H groups in total. The fourth-order valence-corrected chi connectivity index (χ4v) is 1.56. The summed E-state index contributed by atoms with van der Waals surface area (Å²) < 4.78 is 1.85. The number of rotatable bonds is 3. The van der Waals surface area contributed by atoms with Gasteiger partial charge in [-0.15, -0.1) is 0 Å². The molecule has 1 atom stereocenters. The van der Waals surface area contributed by atoms with Gasteiger partial charge in [-0.05, 0) is 13.3 Å². The SMILES string of the molecule is CCC(C)C(=O)c1cn2cc(C)ncc2n1. The molecule has 0 aliphatic carbocycles. The quantitative estimate of drug-likeness (QED) is 0.741. The molecule has 2 aromatic rings. The molecule has 0 saturated heterocycles. The number of Topliss-reactive ketones (excluding diaryl/α,β-unsaturated/α-hetero) is 1. The predicted molar refractivity (Wildman–Crippen MR) is 61.5 cm³/mol. The van der Waals surface area contributed by atoms with E-state index >= 15 is 0 Å². The van der Waals surface area contributed by atoms with Crippen molar-refractivity contribution in [3.63, 3.8) is 0 Å². The average Bonchev–Trinajstić information content (AvgIpc) is 2.69. The number of hydrogen-bond acceptors (Lipinski definition) is 3. The highest BCUT2D eigenvalue weighted by Gasteiger charge is 2.16. The molecular formula is C12H15N3O.